The molecule has 36 heavy (non-hydrogen) atoms. The second-order valence-electron chi connectivity index (χ2n) is 9.69. The van der Waals surface area contributed by atoms with Crippen molar-refractivity contribution in [3.05, 3.63) is 142 Å². The minimum Gasteiger partial charge on any atom is -0.454 e. The van der Waals surface area contributed by atoms with Gasteiger partial charge in [-0.25, -0.2) is 9.59 Å². The fraction of sp³-hybridized carbons (Fsp3) is 0.188. The van der Waals surface area contributed by atoms with Gasteiger partial charge in [-0.1, -0.05) is 83.9 Å². The maximum absolute atomic E-state index is 13.3. The summed E-state index contributed by atoms with van der Waals surface area (Å²) in [7, 11) is 0. The highest BCUT2D eigenvalue weighted by Gasteiger charge is 2.54. The lowest BCUT2D eigenvalue weighted by molar-refractivity contribution is -0.0557. The van der Waals surface area contributed by atoms with Gasteiger partial charge >= 0.3 is 11.9 Å². The SMILES string of the molecule is Cc1ccc2c(c1)[C@H]1c3cc(C)ccc3[C@H]2C(OC(=O)c2ccccc2)C1OC(=O)c1ccccc1. The van der Waals surface area contributed by atoms with Crippen molar-refractivity contribution in [2.24, 2.45) is 0 Å². The number of esters is 2. The van der Waals surface area contributed by atoms with Gasteiger partial charge in [-0.05, 0) is 60.4 Å². The third-order valence-corrected chi connectivity index (χ3v) is 7.31. The summed E-state index contributed by atoms with van der Waals surface area (Å²) < 4.78 is 12.5. The van der Waals surface area contributed by atoms with Crippen LogP contribution in [0.2, 0.25) is 0 Å². The molecule has 2 unspecified atom stereocenters. The summed E-state index contributed by atoms with van der Waals surface area (Å²) in [5, 5.41) is 0. The Balaban J connectivity index is 1.49. The first-order valence-corrected chi connectivity index (χ1v) is 12.2. The Morgan fingerprint density at radius 1 is 0.528 bits per heavy atom. The molecule has 4 nitrogen and oxygen atoms in total. The van der Waals surface area contributed by atoms with Crippen molar-refractivity contribution in [1.29, 1.82) is 0 Å². The van der Waals surface area contributed by atoms with Gasteiger partial charge in [-0.15, -0.1) is 0 Å². The number of carbonyl (C=O) groups excluding carboxylic acids is 2. The summed E-state index contributed by atoms with van der Waals surface area (Å²) in [6.07, 6.45) is -1.31. The summed E-state index contributed by atoms with van der Waals surface area (Å²) in [5.74, 6) is -1.31. The Bertz CT molecular complexity index is 1400. The van der Waals surface area contributed by atoms with Gasteiger partial charge in [0.15, 0.2) is 12.2 Å². The molecule has 3 aliphatic rings. The zero-order chi connectivity index (χ0) is 24.8. The number of fused-ring (bicyclic) bond motifs is 1. The van der Waals surface area contributed by atoms with Crippen molar-refractivity contribution < 1.29 is 19.1 Å². The average Bonchev–Trinajstić information content (AvgIpc) is 2.90. The fourth-order valence-electron chi connectivity index (χ4n) is 5.72. The minimum atomic E-state index is -0.654. The molecular weight excluding hydrogens is 448 g/mol. The van der Waals surface area contributed by atoms with Gasteiger partial charge in [0.05, 0.1) is 23.0 Å². The number of aryl methyl sites for hydroxylation is 2. The van der Waals surface area contributed by atoms with Crippen molar-refractivity contribution in [2.75, 3.05) is 0 Å². The summed E-state index contributed by atoms with van der Waals surface area (Å²) in [5.41, 5.74) is 7.75. The Kier molecular flexibility index (Phi) is 5.45. The molecule has 0 saturated heterocycles. The third kappa shape index (κ3) is 3.70. The van der Waals surface area contributed by atoms with E-state index in [2.05, 4.69) is 50.2 Å². The molecule has 4 heteroatoms. The van der Waals surface area contributed by atoms with Crippen molar-refractivity contribution in [2.45, 2.75) is 37.9 Å². The number of rotatable bonds is 4. The summed E-state index contributed by atoms with van der Waals surface area (Å²) in [4.78, 5) is 26.5. The Morgan fingerprint density at radius 3 is 1.33 bits per heavy atom. The van der Waals surface area contributed by atoms with Gasteiger partial charge in [0, 0.05) is 0 Å². The quantitative estimate of drug-likeness (QED) is 0.324. The Morgan fingerprint density at radius 2 is 0.917 bits per heavy atom. The summed E-state index contributed by atoms with van der Waals surface area (Å²) in [6.45, 7) is 4.13. The number of ether oxygens (including phenoxy) is 2. The predicted octanol–water partition coefficient (Wildman–Crippen LogP) is 6.35. The van der Waals surface area contributed by atoms with Gasteiger partial charge in [0.2, 0.25) is 0 Å². The van der Waals surface area contributed by atoms with Crippen LogP contribution in [0.25, 0.3) is 0 Å². The van der Waals surface area contributed by atoms with E-state index >= 15 is 0 Å². The lowest BCUT2D eigenvalue weighted by Crippen LogP contribution is -2.51. The number of carbonyl (C=O) groups is 2. The molecule has 4 aromatic rings. The second kappa shape index (κ2) is 8.80. The van der Waals surface area contributed by atoms with Crippen LogP contribution in [0.4, 0.5) is 0 Å². The third-order valence-electron chi connectivity index (χ3n) is 7.31. The molecule has 0 N–H and O–H groups in total. The average molecular weight is 475 g/mol. The van der Waals surface area contributed by atoms with Crippen LogP contribution in [0, 0.1) is 13.8 Å². The van der Waals surface area contributed by atoms with E-state index in [0.29, 0.717) is 11.1 Å². The molecule has 0 saturated carbocycles. The molecule has 0 radical (unpaired) electrons. The van der Waals surface area contributed by atoms with Crippen molar-refractivity contribution in [3.8, 4) is 0 Å². The van der Waals surface area contributed by atoms with E-state index in [4.69, 9.17) is 9.47 Å². The van der Waals surface area contributed by atoms with E-state index in [1.807, 2.05) is 36.4 Å². The van der Waals surface area contributed by atoms with Crippen LogP contribution in [0.5, 0.6) is 0 Å². The van der Waals surface area contributed by atoms with Crippen LogP contribution >= 0.6 is 0 Å². The van der Waals surface area contributed by atoms with Gasteiger partial charge < -0.3 is 9.47 Å². The van der Waals surface area contributed by atoms with Crippen molar-refractivity contribution in [3.63, 3.8) is 0 Å². The minimum absolute atomic E-state index is 0.234. The normalized spacial score (nSPS) is 21.3. The highest BCUT2D eigenvalue weighted by Crippen LogP contribution is 2.55. The van der Waals surface area contributed by atoms with E-state index in [9.17, 15) is 9.59 Å². The molecule has 0 heterocycles. The van der Waals surface area contributed by atoms with Crippen LogP contribution in [0.15, 0.2) is 97.1 Å². The highest BCUT2D eigenvalue weighted by molar-refractivity contribution is 5.90. The fourth-order valence-corrected chi connectivity index (χ4v) is 5.72. The molecule has 7 rings (SSSR count). The zero-order valence-electron chi connectivity index (χ0n) is 20.2. The monoisotopic (exact) mass is 474 g/mol. The maximum atomic E-state index is 13.3. The molecule has 2 atom stereocenters. The van der Waals surface area contributed by atoms with E-state index in [1.54, 1.807) is 24.3 Å². The van der Waals surface area contributed by atoms with Crippen LogP contribution < -0.4 is 0 Å². The van der Waals surface area contributed by atoms with Crippen LogP contribution in [0.3, 0.4) is 0 Å². The lowest BCUT2D eigenvalue weighted by atomic mass is 9.60. The van der Waals surface area contributed by atoms with Gasteiger partial charge in [-0.3, -0.25) is 0 Å². The molecule has 0 aliphatic heterocycles. The molecule has 0 amide bonds. The molecule has 3 aliphatic carbocycles. The molecule has 0 fully saturated rings. The lowest BCUT2D eigenvalue weighted by Gasteiger charge is -2.49. The number of hydrogen-bond donors (Lipinski definition) is 0. The molecular formula is C32H26O4. The largest absolute Gasteiger partial charge is 0.454 e. The second-order valence-corrected chi connectivity index (χ2v) is 9.69. The van der Waals surface area contributed by atoms with E-state index < -0.39 is 24.1 Å². The van der Waals surface area contributed by atoms with E-state index in [0.717, 1.165) is 33.4 Å². The smallest absolute Gasteiger partial charge is 0.338 e. The molecule has 0 spiro atoms. The zero-order valence-corrected chi connectivity index (χ0v) is 20.2. The summed E-state index contributed by atoms with van der Waals surface area (Å²) >= 11 is 0. The molecule has 178 valence electrons. The number of hydrogen-bond acceptors (Lipinski definition) is 4. The van der Waals surface area contributed by atoms with E-state index in [-0.39, 0.29) is 11.8 Å². The Labute approximate surface area is 210 Å². The van der Waals surface area contributed by atoms with Gasteiger partial charge in [0.25, 0.3) is 0 Å². The summed E-state index contributed by atoms with van der Waals surface area (Å²) in [6, 6.07) is 30.7. The highest BCUT2D eigenvalue weighted by atomic mass is 16.6. The van der Waals surface area contributed by atoms with Crippen LogP contribution in [0.1, 0.15) is 65.9 Å². The van der Waals surface area contributed by atoms with Gasteiger partial charge in [-0.2, -0.15) is 0 Å². The van der Waals surface area contributed by atoms with Crippen molar-refractivity contribution >= 4 is 11.9 Å². The molecule has 4 aromatic carbocycles. The maximum Gasteiger partial charge on any atom is 0.338 e. The van der Waals surface area contributed by atoms with Crippen LogP contribution in [-0.4, -0.2) is 24.1 Å². The van der Waals surface area contributed by atoms with Crippen LogP contribution in [-0.2, 0) is 9.47 Å². The number of benzene rings is 4. The Hall–Kier alpha value is -4.18. The standard InChI is InChI=1S/C32H26O4/c1-19-13-15-23-25(17-19)28-26-18-20(2)14-16-24(26)27(23)29(35-31(33)21-9-5-3-6-10-21)30(28)36-32(34)22-11-7-4-8-12-22/h3-18,27-30H,1-2H3/t27-,28-,29?,30?. The predicted molar refractivity (Wildman–Crippen MR) is 137 cm³/mol. The first-order chi connectivity index (χ1) is 17.5. The first kappa shape index (κ1) is 22.3. The van der Waals surface area contributed by atoms with E-state index in [1.165, 1.54) is 0 Å². The molecule has 0 aromatic heterocycles. The topological polar surface area (TPSA) is 52.6 Å². The van der Waals surface area contributed by atoms with Gasteiger partial charge in [0.1, 0.15) is 0 Å². The molecule has 2 bridgehead atoms. The van der Waals surface area contributed by atoms with Crippen molar-refractivity contribution in [1.82, 2.24) is 0 Å². The first-order valence-electron chi connectivity index (χ1n) is 12.2.